The van der Waals surface area contributed by atoms with E-state index in [9.17, 15) is 0 Å². The molecule has 0 saturated carbocycles. The molecular formula is C11H23. The second-order valence-electron chi connectivity index (χ2n) is 4.60. The van der Waals surface area contributed by atoms with Gasteiger partial charge in [-0.25, -0.2) is 0 Å². The minimum atomic E-state index is 0.440. The van der Waals surface area contributed by atoms with Crippen molar-refractivity contribution in [3.05, 3.63) is 5.92 Å². The van der Waals surface area contributed by atoms with Gasteiger partial charge in [-0.15, -0.1) is 0 Å². The molecule has 0 fully saturated rings. The number of hydrogen-bond donors (Lipinski definition) is 0. The summed E-state index contributed by atoms with van der Waals surface area (Å²) in [5.74, 6) is 2.41. The van der Waals surface area contributed by atoms with E-state index in [2.05, 4.69) is 41.5 Å². The van der Waals surface area contributed by atoms with E-state index in [1.165, 1.54) is 12.8 Å². The van der Waals surface area contributed by atoms with Crippen molar-refractivity contribution in [2.75, 3.05) is 0 Å². The van der Waals surface area contributed by atoms with Crippen molar-refractivity contribution in [2.24, 2.45) is 11.3 Å². The maximum absolute atomic E-state index is 2.34. The Balaban J connectivity index is 3.90. The smallest absolute Gasteiger partial charge is 0.0246 e. The second-order valence-corrected chi connectivity index (χ2v) is 4.60. The molecule has 0 bridgehead atoms. The van der Waals surface area contributed by atoms with Crippen LogP contribution in [0.2, 0.25) is 0 Å². The largest absolute Gasteiger partial charge is 0.0651 e. The fourth-order valence-electron chi connectivity index (χ4n) is 1.22. The van der Waals surface area contributed by atoms with Crippen molar-refractivity contribution in [2.45, 2.75) is 54.4 Å². The highest BCUT2D eigenvalue weighted by Crippen LogP contribution is 2.35. The van der Waals surface area contributed by atoms with Crippen LogP contribution in [-0.2, 0) is 0 Å². The summed E-state index contributed by atoms with van der Waals surface area (Å²) in [5, 5.41) is 0. The lowest BCUT2D eigenvalue weighted by atomic mass is 9.74. The molecule has 0 aliphatic rings. The van der Waals surface area contributed by atoms with Gasteiger partial charge >= 0.3 is 0 Å². The Morgan fingerprint density at radius 1 is 1.27 bits per heavy atom. The Hall–Kier alpha value is 0. The summed E-state index contributed by atoms with van der Waals surface area (Å²) in [6, 6.07) is 0. The lowest BCUT2D eigenvalue weighted by molar-refractivity contribution is 0.290. The van der Waals surface area contributed by atoms with Crippen LogP contribution in [0.3, 0.4) is 0 Å². The third-order valence-electron chi connectivity index (χ3n) is 2.91. The van der Waals surface area contributed by atoms with Gasteiger partial charge in [-0.2, -0.15) is 0 Å². The van der Waals surface area contributed by atoms with E-state index < -0.39 is 0 Å². The summed E-state index contributed by atoms with van der Waals surface area (Å²) in [4.78, 5) is 0. The van der Waals surface area contributed by atoms with Crippen LogP contribution in [0.1, 0.15) is 54.4 Å². The summed E-state index contributed by atoms with van der Waals surface area (Å²) in [5.41, 5.74) is 0.440. The predicted octanol–water partition coefficient (Wildman–Crippen LogP) is 4.06. The molecule has 0 aliphatic heterocycles. The minimum absolute atomic E-state index is 0.440. The Morgan fingerprint density at radius 3 is 2.00 bits per heavy atom. The summed E-state index contributed by atoms with van der Waals surface area (Å²) < 4.78 is 0. The molecular weight excluding hydrogens is 132 g/mol. The first-order chi connectivity index (χ1) is 4.90. The molecule has 1 radical (unpaired) electrons. The van der Waals surface area contributed by atoms with Crippen molar-refractivity contribution in [3.63, 3.8) is 0 Å². The lowest BCUT2D eigenvalue weighted by Gasteiger charge is -2.31. The standard InChI is InChI=1S/C11H23/c1-7-10(4)8-11(5,6)9(2)3/h10H,7-8H2,1-6H3. The van der Waals surface area contributed by atoms with Crippen molar-refractivity contribution in [1.29, 1.82) is 0 Å². The van der Waals surface area contributed by atoms with Gasteiger partial charge in [-0.05, 0) is 23.7 Å². The van der Waals surface area contributed by atoms with E-state index in [4.69, 9.17) is 0 Å². The summed E-state index contributed by atoms with van der Waals surface area (Å²) >= 11 is 0. The van der Waals surface area contributed by atoms with Gasteiger partial charge in [-0.3, -0.25) is 0 Å². The fourth-order valence-corrected chi connectivity index (χ4v) is 1.22. The molecule has 0 aromatic heterocycles. The van der Waals surface area contributed by atoms with Gasteiger partial charge in [0.25, 0.3) is 0 Å². The SMILES string of the molecule is CCC(C)CC(C)(C)[C](C)C. The highest BCUT2D eigenvalue weighted by molar-refractivity contribution is 4.95. The topological polar surface area (TPSA) is 0 Å². The molecule has 0 heteroatoms. The van der Waals surface area contributed by atoms with E-state index in [0.29, 0.717) is 5.41 Å². The second kappa shape index (κ2) is 4.13. The zero-order valence-corrected chi connectivity index (χ0v) is 8.99. The average molecular weight is 155 g/mol. The lowest BCUT2D eigenvalue weighted by Crippen LogP contribution is -2.20. The molecule has 0 saturated heterocycles. The van der Waals surface area contributed by atoms with Crippen LogP contribution in [0.15, 0.2) is 0 Å². The quantitative estimate of drug-likeness (QED) is 0.574. The predicted molar refractivity (Wildman–Crippen MR) is 52.4 cm³/mol. The molecule has 1 atom stereocenters. The highest BCUT2D eigenvalue weighted by Gasteiger charge is 2.24. The Morgan fingerprint density at radius 2 is 1.73 bits per heavy atom. The van der Waals surface area contributed by atoms with Crippen LogP contribution < -0.4 is 0 Å². The molecule has 1 unspecified atom stereocenters. The van der Waals surface area contributed by atoms with E-state index in [0.717, 1.165) is 5.92 Å². The minimum Gasteiger partial charge on any atom is -0.0651 e. The monoisotopic (exact) mass is 155 g/mol. The van der Waals surface area contributed by atoms with Crippen LogP contribution in [0.25, 0.3) is 0 Å². The fraction of sp³-hybridized carbons (Fsp3) is 0.909. The van der Waals surface area contributed by atoms with Gasteiger partial charge in [0.1, 0.15) is 0 Å². The summed E-state index contributed by atoms with van der Waals surface area (Å²) in [6.07, 6.45) is 2.63. The van der Waals surface area contributed by atoms with Gasteiger partial charge in [0.05, 0.1) is 0 Å². The Kier molecular flexibility index (Phi) is 4.13. The molecule has 0 aliphatic carbocycles. The van der Waals surface area contributed by atoms with Crippen LogP contribution in [-0.4, -0.2) is 0 Å². The average Bonchev–Trinajstić information content (AvgIpc) is 1.86. The van der Waals surface area contributed by atoms with Crippen molar-refractivity contribution in [3.8, 4) is 0 Å². The third-order valence-corrected chi connectivity index (χ3v) is 2.91. The highest BCUT2D eigenvalue weighted by atomic mass is 14.3. The Labute approximate surface area is 72.4 Å². The van der Waals surface area contributed by atoms with Gasteiger partial charge in [-0.1, -0.05) is 48.0 Å². The van der Waals surface area contributed by atoms with Gasteiger partial charge in [0.2, 0.25) is 0 Å². The summed E-state index contributed by atoms with van der Waals surface area (Å²) in [7, 11) is 0. The summed E-state index contributed by atoms with van der Waals surface area (Å²) in [6.45, 7) is 13.8. The van der Waals surface area contributed by atoms with Crippen LogP contribution in [0.4, 0.5) is 0 Å². The van der Waals surface area contributed by atoms with Gasteiger partial charge < -0.3 is 0 Å². The number of hydrogen-bond acceptors (Lipinski definition) is 0. The molecule has 0 nitrogen and oxygen atoms in total. The zero-order chi connectivity index (χ0) is 9.07. The molecule has 0 aromatic rings. The first-order valence-corrected chi connectivity index (χ1v) is 4.70. The first-order valence-electron chi connectivity index (χ1n) is 4.70. The Bertz CT molecular complexity index is 101. The van der Waals surface area contributed by atoms with Gasteiger partial charge in [0.15, 0.2) is 0 Å². The molecule has 0 heterocycles. The van der Waals surface area contributed by atoms with Crippen molar-refractivity contribution < 1.29 is 0 Å². The normalized spacial score (nSPS) is 15.5. The van der Waals surface area contributed by atoms with E-state index in [-0.39, 0.29) is 0 Å². The maximum atomic E-state index is 2.34. The van der Waals surface area contributed by atoms with E-state index in [1.54, 1.807) is 5.92 Å². The van der Waals surface area contributed by atoms with Crippen LogP contribution >= 0.6 is 0 Å². The maximum Gasteiger partial charge on any atom is -0.0246 e. The van der Waals surface area contributed by atoms with Crippen LogP contribution in [0.5, 0.6) is 0 Å². The van der Waals surface area contributed by atoms with Crippen LogP contribution in [0, 0.1) is 17.3 Å². The molecule has 0 rings (SSSR count). The zero-order valence-electron chi connectivity index (χ0n) is 8.99. The van der Waals surface area contributed by atoms with E-state index >= 15 is 0 Å². The molecule has 0 N–H and O–H groups in total. The number of rotatable bonds is 4. The molecule has 67 valence electrons. The molecule has 0 spiro atoms. The molecule has 0 amide bonds. The molecule has 11 heavy (non-hydrogen) atoms. The third kappa shape index (κ3) is 3.79. The van der Waals surface area contributed by atoms with Crippen molar-refractivity contribution >= 4 is 0 Å². The first kappa shape index (κ1) is 11.0. The van der Waals surface area contributed by atoms with Gasteiger partial charge in [0, 0.05) is 0 Å². The molecule has 0 aromatic carbocycles. The van der Waals surface area contributed by atoms with Crippen molar-refractivity contribution in [1.82, 2.24) is 0 Å². The van der Waals surface area contributed by atoms with E-state index in [1.807, 2.05) is 0 Å².